The van der Waals surface area contributed by atoms with Crippen LogP contribution in [0, 0.1) is 28.9 Å². The van der Waals surface area contributed by atoms with Gasteiger partial charge in [-0.3, -0.25) is 14.9 Å². The van der Waals surface area contributed by atoms with Crippen molar-refractivity contribution >= 4 is 21.6 Å². The summed E-state index contributed by atoms with van der Waals surface area (Å²) in [5.74, 6) is 0.433. The lowest BCUT2D eigenvalue weighted by atomic mass is 9.97. The average Bonchev–Trinajstić information content (AvgIpc) is 3.44. The molecule has 1 saturated carbocycles. The summed E-state index contributed by atoms with van der Waals surface area (Å²) >= 11 is 0. The molecule has 0 radical (unpaired) electrons. The summed E-state index contributed by atoms with van der Waals surface area (Å²) in [5, 5.41) is 13.9. The Kier molecular flexibility index (Phi) is 5.29. The summed E-state index contributed by atoms with van der Waals surface area (Å²) in [6.45, 7) is 2.82. The molecule has 142 valence electrons. The van der Waals surface area contributed by atoms with Crippen molar-refractivity contribution in [1.82, 2.24) is 9.62 Å². The van der Waals surface area contributed by atoms with E-state index in [1.807, 2.05) is 0 Å². The minimum absolute atomic E-state index is 0.000442. The largest absolute Gasteiger partial charge is 0.356 e. The van der Waals surface area contributed by atoms with Crippen LogP contribution >= 0.6 is 0 Å². The number of amides is 1. The molecule has 8 nitrogen and oxygen atoms in total. The van der Waals surface area contributed by atoms with Crippen molar-refractivity contribution in [3.63, 3.8) is 0 Å². The van der Waals surface area contributed by atoms with Gasteiger partial charge in [-0.05, 0) is 44.1 Å². The second kappa shape index (κ2) is 7.32. The minimum Gasteiger partial charge on any atom is -0.356 e. The number of piperidine rings is 1. The summed E-state index contributed by atoms with van der Waals surface area (Å²) in [6.07, 6.45) is 3.26. The third kappa shape index (κ3) is 4.04. The smallest absolute Gasteiger partial charge is 0.270 e. The highest BCUT2D eigenvalue weighted by Gasteiger charge is 2.34. The Bertz CT molecular complexity index is 812. The van der Waals surface area contributed by atoms with Crippen molar-refractivity contribution in [2.75, 3.05) is 19.6 Å². The molecule has 0 unspecified atom stereocenters. The van der Waals surface area contributed by atoms with E-state index in [2.05, 4.69) is 5.32 Å². The molecule has 1 aliphatic carbocycles. The summed E-state index contributed by atoms with van der Waals surface area (Å²) in [4.78, 5) is 22.5. The molecule has 1 aromatic rings. The number of nitrogens with one attached hydrogen (secondary N) is 1. The predicted molar refractivity (Wildman–Crippen MR) is 95.0 cm³/mol. The van der Waals surface area contributed by atoms with E-state index in [0.717, 1.165) is 6.07 Å². The standard InChI is InChI=1S/C17H23N3O5S/c1-12-2-5-15(20(22)23)10-16(12)26(24,25)19-8-6-14(7-9-19)17(21)18-11-13-3-4-13/h2,5,10,13-14H,3-4,6-9,11H2,1H3,(H,18,21). The lowest BCUT2D eigenvalue weighted by molar-refractivity contribution is -0.385. The topological polar surface area (TPSA) is 110 Å². The number of benzene rings is 1. The third-order valence-corrected chi connectivity index (χ3v) is 7.13. The highest BCUT2D eigenvalue weighted by Crippen LogP contribution is 2.29. The number of nitrogens with zero attached hydrogens (tertiary/aromatic N) is 2. The molecule has 2 aliphatic rings. The van der Waals surface area contributed by atoms with Crippen LogP contribution in [0.4, 0.5) is 5.69 Å². The minimum atomic E-state index is -3.82. The van der Waals surface area contributed by atoms with Crippen molar-refractivity contribution in [2.45, 2.75) is 37.5 Å². The van der Waals surface area contributed by atoms with E-state index in [9.17, 15) is 23.3 Å². The van der Waals surface area contributed by atoms with Crippen LogP contribution in [0.25, 0.3) is 0 Å². The van der Waals surface area contributed by atoms with Gasteiger partial charge in [-0.2, -0.15) is 4.31 Å². The van der Waals surface area contributed by atoms with Crippen molar-refractivity contribution in [1.29, 1.82) is 0 Å². The number of carbonyl (C=O) groups is 1. The molecule has 9 heteroatoms. The molecule has 0 atom stereocenters. The summed E-state index contributed by atoms with van der Waals surface area (Å²) in [5.41, 5.74) is 0.225. The molecular formula is C17H23N3O5S. The van der Waals surface area contributed by atoms with Crippen LogP contribution in [0.1, 0.15) is 31.2 Å². The number of sulfonamides is 1. The maximum Gasteiger partial charge on any atom is 0.270 e. The van der Waals surface area contributed by atoms with E-state index in [1.54, 1.807) is 6.92 Å². The van der Waals surface area contributed by atoms with Gasteiger partial charge in [0.25, 0.3) is 5.69 Å². The zero-order valence-electron chi connectivity index (χ0n) is 14.7. The SMILES string of the molecule is Cc1ccc([N+](=O)[O-])cc1S(=O)(=O)N1CCC(C(=O)NCC2CC2)CC1. The van der Waals surface area contributed by atoms with Crippen LogP contribution in [0.15, 0.2) is 23.1 Å². The number of nitro groups is 1. The predicted octanol–water partition coefficient (Wildman–Crippen LogP) is 1.83. The van der Waals surface area contributed by atoms with E-state index in [4.69, 9.17) is 0 Å². The Labute approximate surface area is 152 Å². The van der Waals surface area contributed by atoms with Crippen molar-refractivity contribution < 1.29 is 18.1 Å². The number of rotatable bonds is 6. The number of carbonyl (C=O) groups excluding carboxylic acids is 1. The highest BCUT2D eigenvalue weighted by molar-refractivity contribution is 7.89. The fraction of sp³-hybridized carbons (Fsp3) is 0.588. The van der Waals surface area contributed by atoms with Crippen LogP contribution in [0.3, 0.4) is 0 Å². The Morgan fingerprint density at radius 3 is 2.50 bits per heavy atom. The average molecular weight is 381 g/mol. The van der Waals surface area contributed by atoms with Gasteiger partial charge in [0.2, 0.25) is 15.9 Å². The van der Waals surface area contributed by atoms with Crippen molar-refractivity contribution in [3.05, 3.63) is 33.9 Å². The summed E-state index contributed by atoms with van der Waals surface area (Å²) in [6, 6.07) is 3.85. The van der Waals surface area contributed by atoms with Gasteiger partial charge in [-0.1, -0.05) is 6.07 Å². The molecule has 1 aromatic carbocycles. The quantitative estimate of drug-likeness (QED) is 0.597. The fourth-order valence-corrected chi connectivity index (χ4v) is 4.90. The molecule has 0 spiro atoms. The first-order valence-electron chi connectivity index (χ1n) is 8.82. The Morgan fingerprint density at radius 2 is 1.92 bits per heavy atom. The maximum atomic E-state index is 12.9. The lowest BCUT2D eigenvalue weighted by Gasteiger charge is -2.30. The molecule has 1 aliphatic heterocycles. The zero-order chi connectivity index (χ0) is 18.9. The first-order chi connectivity index (χ1) is 12.3. The van der Waals surface area contributed by atoms with E-state index in [0.29, 0.717) is 30.9 Å². The third-order valence-electron chi connectivity index (χ3n) is 5.09. The van der Waals surface area contributed by atoms with Gasteiger partial charge in [0.05, 0.1) is 9.82 Å². The molecule has 1 saturated heterocycles. The first kappa shape index (κ1) is 18.8. The van der Waals surface area contributed by atoms with Gasteiger partial charge in [0.15, 0.2) is 0 Å². The van der Waals surface area contributed by atoms with Crippen LogP contribution in [0.5, 0.6) is 0 Å². The lowest BCUT2D eigenvalue weighted by Crippen LogP contribution is -2.43. The normalized spacial score (nSPS) is 19.3. The van der Waals surface area contributed by atoms with Gasteiger partial charge in [-0.15, -0.1) is 0 Å². The molecule has 3 rings (SSSR count). The maximum absolute atomic E-state index is 12.9. The summed E-state index contributed by atoms with van der Waals surface area (Å²) in [7, 11) is -3.82. The van der Waals surface area contributed by atoms with Crippen LogP contribution in [0.2, 0.25) is 0 Å². The van der Waals surface area contributed by atoms with E-state index >= 15 is 0 Å². The zero-order valence-corrected chi connectivity index (χ0v) is 15.5. The molecule has 1 heterocycles. The molecule has 2 fully saturated rings. The van der Waals surface area contributed by atoms with Crippen molar-refractivity contribution in [2.24, 2.45) is 11.8 Å². The van der Waals surface area contributed by atoms with Gasteiger partial charge >= 0.3 is 0 Å². The van der Waals surface area contributed by atoms with Gasteiger partial charge in [0.1, 0.15) is 0 Å². The Balaban J connectivity index is 1.67. The van der Waals surface area contributed by atoms with Crippen LogP contribution in [-0.4, -0.2) is 43.2 Å². The molecule has 1 N–H and O–H groups in total. The number of non-ortho nitro benzene ring substituents is 1. The second-order valence-corrected chi connectivity index (χ2v) is 8.98. The summed E-state index contributed by atoms with van der Waals surface area (Å²) < 4.78 is 27.1. The molecule has 0 bridgehead atoms. The Hall–Kier alpha value is -2.00. The molecule has 0 aromatic heterocycles. The van der Waals surface area contributed by atoms with Crippen LogP contribution < -0.4 is 5.32 Å². The van der Waals surface area contributed by atoms with Crippen LogP contribution in [-0.2, 0) is 14.8 Å². The second-order valence-electron chi connectivity index (χ2n) is 7.07. The van der Waals surface area contributed by atoms with E-state index in [-0.39, 0.29) is 35.5 Å². The Morgan fingerprint density at radius 1 is 1.27 bits per heavy atom. The van der Waals surface area contributed by atoms with Crippen molar-refractivity contribution in [3.8, 4) is 0 Å². The van der Waals surface area contributed by atoms with Gasteiger partial charge in [0, 0.05) is 37.7 Å². The number of hydrogen-bond acceptors (Lipinski definition) is 5. The fourth-order valence-electron chi connectivity index (χ4n) is 3.19. The number of nitro benzene ring substituents is 1. The monoisotopic (exact) mass is 381 g/mol. The van der Waals surface area contributed by atoms with E-state index in [1.165, 1.54) is 29.3 Å². The highest BCUT2D eigenvalue weighted by atomic mass is 32.2. The van der Waals surface area contributed by atoms with Gasteiger partial charge in [-0.25, -0.2) is 8.42 Å². The first-order valence-corrected chi connectivity index (χ1v) is 10.3. The number of aryl methyl sites for hydroxylation is 1. The van der Waals surface area contributed by atoms with Gasteiger partial charge < -0.3 is 5.32 Å². The molecule has 26 heavy (non-hydrogen) atoms. The molecule has 1 amide bonds. The number of hydrogen-bond donors (Lipinski definition) is 1. The van der Waals surface area contributed by atoms with E-state index < -0.39 is 14.9 Å². The molecular weight excluding hydrogens is 358 g/mol.